The van der Waals surface area contributed by atoms with Gasteiger partial charge in [0.2, 0.25) is 0 Å². The van der Waals surface area contributed by atoms with Crippen LogP contribution in [-0.2, 0) is 0 Å². The Balaban J connectivity index is 1.12. The van der Waals surface area contributed by atoms with Crippen molar-refractivity contribution in [2.24, 2.45) is 0 Å². The molecule has 12 rings (SSSR count). The van der Waals surface area contributed by atoms with Gasteiger partial charge in [0.25, 0.3) is 0 Å². The molecule has 0 spiro atoms. The van der Waals surface area contributed by atoms with Gasteiger partial charge < -0.3 is 13.4 Å². The zero-order valence-electron chi connectivity index (χ0n) is 30.4. The van der Waals surface area contributed by atoms with Crippen LogP contribution < -0.4 is 0 Å². The summed E-state index contributed by atoms with van der Waals surface area (Å²) in [6, 6.07) is 62.6. The van der Waals surface area contributed by atoms with Crippen LogP contribution in [0.4, 0.5) is 0 Å². The third-order valence-corrected chi connectivity index (χ3v) is 11.1. The van der Waals surface area contributed by atoms with E-state index in [9.17, 15) is 0 Å². The van der Waals surface area contributed by atoms with Gasteiger partial charge in [0, 0.05) is 60.8 Å². The van der Waals surface area contributed by atoms with E-state index in [1.54, 1.807) is 0 Å². The van der Waals surface area contributed by atoms with Crippen LogP contribution in [0.5, 0.6) is 0 Å². The maximum atomic E-state index is 6.75. The Bertz CT molecular complexity index is 3530. The fourth-order valence-corrected chi connectivity index (χ4v) is 8.49. The SMILES string of the molecule is c1ccc(-c2nc(-c3cccc4c3oc3ccccc34)nc(-c3cccc4c5ccccc5n(-c5ccc6c(c5)oc5c(-c7ccccc7)cccc56)c34)n2)cc1. The molecular formula is C51H30N4O2. The average molecular weight is 731 g/mol. The van der Waals surface area contributed by atoms with Crippen molar-refractivity contribution in [3.63, 3.8) is 0 Å². The fraction of sp³-hybridized carbons (Fsp3) is 0. The minimum absolute atomic E-state index is 0.543. The molecule has 0 saturated carbocycles. The molecule has 0 N–H and O–H groups in total. The molecule has 0 fully saturated rings. The Morgan fingerprint density at radius 2 is 0.895 bits per heavy atom. The molecule has 0 bridgehead atoms. The van der Waals surface area contributed by atoms with Crippen LogP contribution in [0.1, 0.15) is 0 Å². The lowest BCUT2D eigenvalue weighted by atomic mass is 10.0. The van der Waals surface area contributed by atoms with E-state index in [1.165, 1.54) is 0 Å². The highest BCUT2D eigenvalue weighted by atomic mass is 16.3. The average Bonchev–Trinajstić information content (AvgIpc) is 3.96. The van der Waals surface area contributed by atoms with Gasteiger partial charge in [-0.05, 0) is 42.0 Å². The Kier molecular flexibility index (Phi) is 6.83. The van der Waals surface area contributed by atoms with E-state index in [1.807, 2.05) is 66.7 Å². The van der Waals surface area contributed by atoms with Crippen molar-refractivity contribution in [1.82, 2.24) is 19.5 Å². The first-order valence-electron chi connectivity index (χ1n) is 19.0. The van der Waals surface area contributed by atoms with E-state index < -0.39 is 0 Å². The third kappa shape index (κ3) is 4.87. The second kappa shape index (κ2) is 12.3. The highest BCUT2D eigenvalue weighted by Gasteiger charge is 2.22. The number of fused-ring (bicyclic) bond motifs is 9. The zero-order chi connectivity index (χ0) is 37.5. The molecule has 0 unspecified atom stereocenters. The minimum atomic E-state index is 0.543. The smallest absolute Gasteiger partial charge is 0.167 e. The molecule has 0 aliphatic heterocycles. The topological polar surface area (TPSA) is 69.9 Å². The number of rotatable bonds is 5. The van der Waals surface area contributed by atoms with Gasteiger partial charge in [-0.15, -0.1) is 0 Å². The summed E-state index contributed by atoms with van der Waals surface area (Å²) < 4.78 is 15.6. The summed E-state index contributed by atoms with van der Waals surface area (Å²) in [7, 11) is 0. The minimum Gasteiger partial charge on any atom is -0.455 e. The molecule has 266 valence electrons. The second-order valence-electron chi connectivity index (χ2n) is 14.3. The molecule has 0 atom stereocenters. The van der Waals surface area contributed by atoms with Gasteiger partial charge in [-0.3, -0.25) is 0 Å². The van der Waals surface area contributed by atoms with Gasteiger partial charge in [0.1, 0.15) is 22.3 Å². The van der Waals surface area contributed by atoms with Gasteiger partial charge in [-0.2, -0.15) is 0 Å². The number of nitrogens with zero attached hydrogens (tertiary/aromatic N) is 4. The Morgan fingerprint density at radius 1 is 0.351 bits per heavy atom. The first-order chi connectivity index (χ1) is 28.3. The Labute approximate surface area is 325 Å². The highest BCUT2D eigenvalue weighted by Crippen LogP contribution is 2.42. The van der Waals surface area contributed by atoms with E-state index in [2.05, 4.69) is 120 Å². The fourth-order valence-electron chi connectivity index (χ4n) is 8.49. The maximum Gasteiger partial charge on any atom is 0.167 e. The number of para-hydroxylation sites is 5. The second-order valence-corrected chi connectivity index (χ2v) is 14.3. The van der Waals surface area contributed by atoms with E-state index in [-0.39, 0.29) is 0 Å². The van der Waals surface area contributed by atoms with Crippen LogP contribution in [0.3, 0.4) is 0 Å². The lowest BCUT2D eigenvalue weighted by molar-refractivity contribution is 0.669. The summed E-state index contributed by atoms with van der Waals surface area (Å²) in [5.74, 6) is 1.70. The predicted octanol–water partition coefficient (Wildman–Crippen LogP) is 13.4. The van der Waals surface area contributed by atoms with Gasteiger partial charge in [-0.1, -0.05) is 140 Å². The van der Waals surface area contributed by atoms with Crippen LogP contribution in [0, 0.1) is 0 Å². The number of furan rings is 2. The van der Waals surface area contributed by atoms with Crippen molar-refractivity contribution >= 4 is 65.7 Å². The largest absolute Gasteiger partial charge is 0.455 e. The first-order valence-corrected chi connectivity index (χ1v) is 19.0. The van der Waals surface area contributed by atoms with Crippen LogP contribution in [-0.4, -0.2) is 19.5 Å². The third-order valence-electron chi connectivity index (χ3n) is 11.1. The molecule has 6 heteroatoms. The predicted molar refractivity (Wildman–Crippen MR) is 230 cm³/mol. The normalized spacial score (nSPS) is 11.9. The van der Waals surface area contributed by atoms with Gasteiger partial charge in [-0.25, -0.2) is 15.0 Å². The molecule has 4 heterocycles. The summed E-state index contributed by atoms with van der Waals surface area (Å²) in [6.07, 6.45) is 0. The molecule has 0 amide bonds. The summed E-state index contributed by atoms with van der Waals surface area (Å²) in [6.45, 7) is 0. The summed E-state index contributed by atoms with van der Waals surface area (Å²) >= 11 is 0. The van der Waals surface area contributed by atoms with E-state index >= 15 is 0 Å². The lowest BCUT2D eigenvalue weighted by Crippen LogP contribution is -2.02. The lowest BCUT2D eigenvalue weighted by Gasteiger charge is -2.13. The first kappa shape index (κ1) is 31.5. The van der Waals surface area contributed by atoms with Gasteiger partial charge in [0.05, 0.1) is 16.6 Å². The zero-order valence-corrected chi connectivity index (χ0v) is 30.4. The molecule has 0 radical (unpaired) electrons. The summed E-state index contributed by atoms with van der Waals surface area (Å²) in [5, 5.41) is 6.47. The molecule has 12 aromatic rings. The number of benzene rings is 8. The number of aromatic nitrogens is 4. The number of hydrogen-bond donors (Lipinski definition) is 0. The molecule has 57 heavy (non-hydrogen) atoms. The van der Waals surface area contributed by atoms with Crippen LogP contribution in [0.25, 0.3) is 117 Å². The van der Waals surface area contributed by atoms with E-state index in [0.717, 1.165) is 99.2 Å². The van der Waals surface area contributed by atoms with Crippen LogP contribution in [0.15, 0.2) is 191 Å². The molecule has 0 aliphatic rings. The molecule has 0 saturated heterocycles. The summed E-state index contributed by atoms with van der Waals surface area (Å²) in [4.78, 5) is 15.6. The number of hydrogen-bond acceptors (Lipinski definition) is 5. The van der Waals surface area contributed by atoms with Crippen molar-refractivity contribution in [1.29, 1.82) is 0 Å². The monoisotopic (exact) mass is 730 g/mol. The molecule has 0 aliphatic carbocycles. The highest BCUT2D eigenvalue weighted by molar-refractivity contribution is 6.15. The summed E-state index contributed by atoms with van der Waals surface area (Å²) in [5.41, 5.74) is 11.1. The molecular weight excluding hydrogens is 701 g/mol. The Morgan fingerprint density at radius 3 is 1.68 bits per heavy atom. The van der Waals surface area contributed by atoms with Gasteiger partial charge >= 0.3 is 0 Å². The molecule has 6 nitrogen and oxygen atoms in total. The van der Waals surface area contributed by atoms with Crippen molar-refractivity contribution in [3.05, 3.63) is 182 Å². The van der Waals surface area contributed by atoms with Crippen LogP contribution >= 0.6 is 0 Å². The standard InChI is InChI=1S/C51H30N4O2/c1-3-14-31(15-4-1)34-20-11-22-40-37-29-28-33(30-45(37)57-47(34)40)55-43-26-9-7-18-35(43)38-21-12-24-41(46(38)55)50-52-49(32-16-5-2-6-17-32)53-51(54-50)42-25-13-23-39-36-19-8-10-27-44(36)56-48(39)42/h1-30H. The van der Waals surface area contributed by atoms with Crippen molar-refractivity contribution in [2.75, 3.05) is 0 Å². The van der Waals surface area contributed by atoms with E-state index in [4.69, 9.17) is 23.8 Å². The Hall–Kier alpha value is -7.83. The van der Waals surface area contributed by atoms with Gasteiger partial charge in [0.15, 0.2) is 17.5 Å². The van der Waals surface area contributed by atoms with Crippen molar-refractivity contribution in [2.45, 2.75) is 0 Å². The molecule has 8 aromatic carbocycles. The van der Waals surface area contributed by atoms with Crippen molar-refractivity contribution < 1.29 is 8.83 Å². The maximum absolute atomic E-state index is 6.75. The quantitative estimate of drug-likeness (QED) is 0.176. The van der Waals surface area contributed by atoms with Crippen molar-refractivity contribution in [3.8, 4) is 51.0 Å². The van der Waals surface area contributed by atoms with E-state index in [0.29, 0.717) is 17.5 Å². The van der Waals surface area contributed by atoms with Crippen LogP contribution in [0.2, 0.25) is 0 Å². The molecule has 4 aromatic heterocycles.